The molecular weight excluding hydrogens is 392 g/mol. The van der Waals surface area contributed by atoms with Gasteiger partial charge in [-0.1, -0.05) is 12.1 Å². The van der Waals surface area contributed by atoms with Crippen LogP contribution in [0, 0.1) is 6.92 Å². The molecule has 2 aromatic heterocycles. The fourth-order valence-electron chi connectivity index (χ4n) is 2.91. The van der Waals surface area contributed by atoms with Crippen LogP contribution in [0.2, 0.25) is 0 Å². The number of anilines is 1. The number of ether oxygens (including phenoxy) is 1. The highest BCUT2D eigenvalue weighted by Gasteiger charge is 2.14. The van der Waals surface area contributed by atoms with Crippen LogP contribution in [-0.4, -0.2) is 33.0 Å². The molecule has 0 N–H and O–H groups in total. The monoisotopic (exact) mass is 414 g/mol. The number of amides is 1. The van der Waals surface area contributed by atoms with E-state index in [4.69, 9.17) is 4.74 Å². The number of carbonyl (C=O) groups excluding carboxylic acids is 2. The highest BCUT2D eigenvalue weighted by molar-refractivity contribution is 7.14. The third-order valence-electron chi connectivity index (χ3n) is 4.46. The van der Waals surface area contributed by atoms with Crippen LogP contribution in [0.25, 0.3) is 10.9 Å². The summed E-state index contributed by atoms with van der Waals surface area (Å²) in [6.07, 6.45) is 1.50. The number of thiazole rings is 1. The highest BCUT2D eigenvalue weighted by Crippen LogP contribution is 2.21. The molecule has 9 heteroatoms. The lowest BCUT2D eigenvalue weighted by Gasteiger charge is -2.14. The average molecular weight is 414 g/mol. The van der Waals surface area contributed by atoms with Crippen molar-refractivity contribution in [3.63, 3.8) is 0 Å². The number of hydrogen-bond acceptors (Lipinski definition) is 7. The van der Waals surface area contributed by atoms with Crippen LogP contribution in [0.4, 0.5) is 5.13 Å². The lowest BCUT2D eigenvalue weighted by Crippen LogP contribution is -2.27. The number of aromatic nitrogens is 3. The van der Waals surface area contributed by atoms with Gasteiger partial charge in [-0.2, -0.15) is 0 Å². The van der Waals surface area contributed by atoms with Gasteiger partial charge in [-0.05, 0) is 25.5 Å². The molecule has 0 aliphatic carbocycles. The van der Waals surface area contributed by atoms with Crippen molar-refractivity contribution in [1.82, 2.24) is 14.5 Å². The van der Waals surface area contributed by atoms with E-state index in [1.165, 1.54) is 29.2 Å². The minimum absolute atomic E-state index is 0.0227. The molecule has 0 saturated heterocycles. The van der Waals surface area contributed by atoms with Crippen LogP contribution in [0.1, 0.15) is 31.5 Å². The van der Waals surface area contributed by atoms with Crippen molar-refractivity contribution in [2.75, 3.05) is 11.4 Å². The summed E-state index contributed by atoms with van der Waals surface area (Å²) in [6.45, 7) is 5.98. The largest absolute Gasteiger partial charge is 0.459 e. The van der Waals surface area contributed by atoms with Crippen LogP contribution in [0.3, 0.4) is 0 Å². The SMILES string of the molecule is CCN(C(C)=O)c1nc(COC(=O)CCn2cnc3c(C)cccc3c2=O)cs1. The van der Waals surface area contributed by atoms with Gasteiger partial charge < -0.3 is 4.74 Å². The fourth-order valence-corrected chi connectivity index (χ4v) is 3.83. The smallest absolute Gasteiger partial charge is 0.307 e. The highest BCUT2D eigenvalue weighted by atomic mass is 32.1. The van der Waals surface area contributed by atoms with E-state index in [-0.39, 0.29) is 31.0 Å². The van der Waals surface area contributed by atoms with Gasteiger partial charge in [-0.3, -0.25) is 23.9 Å². The zero-order valence-electron chi connectivity index (χ0n) is 16.5. The Kier molecular flexibility index (Phi) is 6.38. The summed E-state index contributed by atoms with van der Waals surface area (Å²) < 4.78 is 6.66. The third kappa shape index (κ3) is 4.68. The molecule has 3 aromatic rings. The van der Waals surface area contributed by atoms with Crippen molar-refractivity contribution in [3.8, 4) is 0 Å². The van der Waals surface area contributed by atoms with Gasteiger partial charge in [0.05, 0.1) is 29.3 Å². The normalized spacial score (nSPS) is 10.9. The van der Waals surface area contributed by atoms with Gasteiger partial charge in [-0.15, -0.1) is 11.3 Å². The predicted octanol–water partition coefficient (Wildman–Crippen LogP) is 2.67. The van der Waals surface area contributed by atoms with Gasteiger partial charge in [0.25, 0.3) is 5.56 Å². The Morgan fingerprint density at radius 1 is 1.31 bits per heavy atom. The van der Waals surface area contributed by atoms with E-state index in [1.54, 1.807) is 16.3 Å². The van der Waals surface area contributed by atoms with Gasteiger partial charge in [-0.25, -0.2) is 9.97 Å². The third-order valence-corrected chi connectivity index (χ3v) is 5.37. The Balaban J connectivity index is 1.58. The molecule has 0 fully saturated rings. The second-order valence-electron chi connectivity index (χ2n) is 6.51. The van der Waals surface area contributed by atoms with Crippen molar-refractivity contribution >= 4 is 39.2 Å². The van der Waals surface area contributed by atoms with Gasteiger partial charge in [0.15, 0.2) is 5.13 Å². The number of fused-ring (bicyclic) bond motifs is 1. The molecule has 0 aliphatic rings. The first-order chi connectivity index (χ1) is 13.9. The number of esters is 1. The van der Waals surface area contributed by atoms with E-state index < -0.39 is 5.97 Å². The molecule has 0 aliphatic heterocycles. The van der Waals surface area contributed by atoms with E-state index in [9.17, 15) is 14.4 Å². The summed E-state index contributed by atoms with van der Waals surface area (Å²) in [7, 11) is 0. The van der Waals surface area contributed by atoms with Crippen LogP contribution in [0.15, 0.2) is 34.7 Å². The van der Waals surface area contributed by atoms with E-state index in [1.807, 2.05) is 26.0 Å². The Bertz CT molecular complexity index is 1110. The lowest BCUT2D eigenvalue weighted by molar-refractivity contribution is -0.145. The average Bonchev–Trinajstić information content (AvgIpc) is 3.15. The zero-order chi connectivity index (χ0) is 21.0. The topological polar surface area (TPSA) is 94.4 Å². The summed E-state index contributed by atoms with van der Waals surface area (Å²) in [4.78, 5) is 46.4. The first-order valence-electron chi connectivity index (χ1n) is 9.23. The summed E-state index contributed by atoms with van der Waals surface area (Å²) in [5.74, 6) is -0.523. The van der Waals surface area contributed by atoms with Crippen LogP contribution >= 0.6 is 11.3 Å². The number of nitrogens with zero attached hydrogens (tertiary/aromatic N) is 4. The summed E-state index contributed by atoms with van der Waals surface area (Å²) in [6, 6.07) is 5.44. The van der Waals surface area contributed by atoms with Gasteiger partial charge in [0.2, 0.25) is 5.91 Å². The van der Waals surface area contributed by atoms with E-state index in [2.05, 4.69) is 9.97 Å². The van der Waals surface area contributed by atoms with Crippen LogP contribution in [-0.2, 0) is 27.5 Å². The number of rotatable bonds is 7. The molecule has 0 radical (unpaired) electrons. The maximum absolute atomic E-state index is 12.6. The van der Waals surface area contributed by atoms with Crippen molar-refractivity contribution < 1.29 is 14.3 Å². The van der Waals surface area contributed by atoms with Crippen LogP contribution in [0.5, 0.6) is 0 Å². The molecule has 0 bridgehead atoms. The number of para-hydroxylation sites is 1. The molecule has 0 atom stereocenters. The van der Waals surface area contributed by atoms with E-state index in [0.29, 0.717) is 28.3 Å². The summed E-state index contributed by atoms with van der Waals surface area (Å²) in [5.41, 5.74) is 2.00. The number of hydrogen-bond donors (Lipinski definition) is 0. The molecule has 0 unspecified atom stereocenters. The van der Waals surface area contributed by atoms with E-state index in [0.717, 1.165) is 5.56 Å². The Labute approximate surface area is 171 Å². The summed E-state index contributed by atoms with van der Waals surface area (Å²) >= 11 is 1.33. The lowest BCUT2D eigenvalue weighted by atomic mass is 10.1. The Morgan fingerprint density at radius 3 is 2.83 bits per heavy atom. The molecule has 29 heavy (non-hydrogen) atoms. The molecule has 8 nitrogen and oxygen atoms in total. The van der Waals surface area contributed by atoms with Gasteiger partial charge in [0.1, 0.15) is 6.61 Å². The molecule has 1 amide bonds. The molecule has 1 aromatic carbocycles. The second kappa shape index (κ2) is 8.95. The molecule has 3 rings (SSSR count). The van der Waals surface area contributed by atoms with Crippen molar-refractivity contribution in [1.29, 1.82) is 0 Å². The number of carbonyl (C=O) groups is 2. The molecule has 0 spiro atoms. The molecule has 152 valence electrons. The van der Waals surface area contributed by atoms with E-state index >= 15 is 0 Å². The maximum atomic E-state index is 12.6. The number of benzene rings is 1. The minimum atomic E-state index is -0.435. The standard InChI is InChI=1S/C20H22N4O4S/c1-4-24(14(3)25)20-22-15(11-29-20)10-28-17(26)8-9-23-12-21-18-13(2)6-5-7-16(18)19(23)27/h5-7,11-12H,4,8-10H2,1-3H3. The Morgan fingerprint density at radius 2 is 2.10 bits per heavy atom. The zero-order valence-corrected chi connectivity index (χ0v) is 17.4. The molecular formula is C20H22N4O4S. The summed E-state index contributed by atoms with van der Waals surface area (Å²) in [5, 5.41) is 2.87. The van der Waals surface area contributed by atoms with Crippen molar-refractivity contribution in [3.05, 3.63) is 51.5 Å². The van der Waals surface area contributed by atoms with Gasteiger partial charge >= 0.3 is 5.97 Å². The molecule has 2 heterocycles. The Hall–Kier alpha value is -3.07. The second-order valence-corrected chi connectivity index (χ2v) is 7.35. The van der Waals surface area contributed by atoms with Crippen LogP contribution < -0.4 is 10.5 Å². The van der Waals surface area contributed by atoms with Crippen molar-refractivity contribution in [2.45, 2.75) is 40.3 Å². The number of aryl methyl sites for hydroxylation is 2. The fraction of sp³-hybridized carbons (Fsp3) is 0.350. The minimum Gasteiger partial charge on any atom is -0.459 e. The predicted molar refractivity (Wildman–Crippen MR) is 111 cm³/mol. The van der Waals surface area contributed by atoms with Gasteiger partial charge in [0, 0.05) is 25.4 Å². The molecule has 0 saturated carbocycles. The maximum Gasteiger partial charge on any atom is 0.307 e. The quantitative estimate of drug-likeness (QED) is 0.552. The first-order valence-corrected chi connectivity index (χ1v) is 10.1. The van der Waals surface area contributed by atoms with Crippen molar-refractivity contribution in [2.24, 2.45) is 0 Å². The first kappa shape index (κ1) is 20.7.